The van der Waals surface area contributed by atoms with E-state index >= 15 is 0 Å². The van der Waals surface area contributed by atoms with Gasteiger partial charge in [0.15, 0.2) is 0 Å². The Labute approximate surface area is 179 Å². The van der Waals surface area contributed by atoms with E-state index in [-0.39, 0.29) is 12.3 Å². The van der Waals surface area contributed by atoms with Gasteiger partial charge in [-0.1, -0.05) is 36.4 Å². The van der Waals surface area contributed by atoms with Gasteiger partial charge in [0.05, 0.1) is 17.8 Å². The van der Waals surface area contributed by atoms with Gasteiger partial charge < -0.3 is 9.64 Å². The van der Waals surface area contributed by atoms with Gasteiger partial charge in [0.25, 0.3) is 5.91 Å². The highest BCUT2D eigenvalue weighted by molar-refractivity contribution is 7.13. The van der Waals surface area contributed by atoms with Crippen molar-refractivity contribution in [2.75, 3.05) is 13.1 Å². The first-order chi connectivity index (χ1) is 14.7. The van der Waals surface area contributed by atoms with Crippen molar-refractivity contribution < 1.29 is 14.3 Å². The number of amides is 1. The summed E-state index contributed by atoms with van der Waals surface area (Å²) in [6, 6.07) is 14.8. The second-order valence-electron chi connectivity index (χ2n) is 7.20. The minimum atomic E-state index is -0.925. The maximum atomic E-state index is 13.1. The van der Waals surface area contributed by atoms with Crippen LogP contribution < -0.4 is 0 Å². The second-order valence-corrected chi connectivity index (χ2v) is 8.06. The Morgan fingerprint density at radius 3 is 2.53 bits per heavy atom. The molecule has 1 atom stereocenters. The Morgan fingerprint density at radius 2 is 1.80 bits per heavy atom. The fourth-order valence-electron chi connectivity index (χ4n) is 3.49. The van der Waals surface area contributed by atoms with Gasteiger partial charge in [0.1, 0.15) is 5.01 Å². The molecule has 2 aromatic heterocycles. The van der Waals surface area contributed by atoms with E-state index in [1.165, 1.54) is 11.3 Å². The van der Waals surface area contributed by atoms with Crippen LogP contribution in [0.25, 0.3) is 10.7 Å². The molecule has 6 nitrogen and oxygen atoms in total. The molecule has 1 amide bonds. The molecule has 0 bridgehead atoms. The van der Waals surface area contributed by atoms with Crippen LogP contribution in [-0.2, 0) is 20.7 Å². The first-order valence-electron chi connectivity index (χ1n) is 10.1. The monoisotopic (exact) mass is 421 g/mol. The predicted octanol–water partition coefficient (Wildman–Crippen LogP) is 4.04. The first-order valence-corrected chi connectivity index (χ1v) is 11.0. The van der Waals surface area contributed by atoms with Crippen LogP contribution >= 0.6 is 11.3 Å². The SMILES string of the molecule is O=C(Cc1csc(-c2ccccn2)n1)OC(C(=O)N1CCCCC1)c1ccccc1. The lowest BCUT2D eigenvalue weighted by Gasteiger charge is -2.30. The smallest absolute Gasteiger partial charge is 0.313 e. The van der Waals surface area contributed by atoms with E-state index in [2.05, 4.69) is 9.97 Å². The number of piperidine rings is 1. The summed E-state index contributed by atoms with van der Waals surface area (Å²) in [6.07, 6.45) is 3.89. The van der Waals surface area contributed by atoms with Crippen LogP contribution in [0.3, 0.4) is 0 Å². The third-order valence-corrected chi connectivity index (χ3v) is 5.92. The summed E-state index contributed by atoms with van der Waals surface area (Å²) in [7, 11) is 0. The summed E-state index contributed by atoms with van der Waals surface area (Å²) in [4.78, 5) is 36.4. The first kappa shape index (κ1) is 20.2. The van der Waals surface area contributed by atoms with Gasteiger partial charge in [0.2, 0.25) is 6.10 Å². The minimum Gasteiger partial charge on any atom is -0.447 e. The molecule has 0 spiro atoms. The van der Waals surface area contributed by atoms with Gasteiger partial charge in [-0.2, -0.15) is 0 Å². The van der Waals surface area contributed by atoms with E-state index < -0.39 is 12.1 Å². The van der Waals surface area contributed by atoms with Crippen molar-refractivity contribution in [3.8, 4) is 10.7 Å². The molecular weight excluding hydrogens is 398 g/mol. The Balaban J connectivity index is 1.46. The number of pyridine rings is 1. The summed E-state index contributed by atoms with van der Waals surface area (Å²) in [5, 5.41) is 2.58. The maximum absolute atomic E-state index is 13.1. The number of ether oxygens (including phenoxy) is 1. The standard InChI is InChI=1S/C23H23N3O3S/c27-20(15-18-16-30-22(25-18)19-11-5-6-12-24-19)29-21(17-9-3-1-4-10-17)23(28)26-13-7-2-8-14-26/h1,3-6,9-12,16,21H,2,7-8,13-15H2. The van der Waals surface area contributed by atoms with Crippen molar-refractivity contribution in [3.05, 3.63) is 71.4 Å². The molecule has 3 heterocycles. The van der Waals surface area contributed by atoms with E-state index in [9.17, 15) is 9.59 Å². The molecule has 154 valence electrons. The number of likely N-dealkylation sites (tertiary alicyclic amines) is 1. The molecular formula is C23H23N3O3S. The average Bonchev–Trinajstić information content (AvgIpc) is 3.27. The van der Waals surface area contributed by atoms with Gasteiger partial charge in [0, 0.05) is 30.2 Å². The summed E-state index contributed by atoms with van der Waals surface area (Å²) >= 11 is 1.43. The van der Waals surface area contributed by atoms with Crippen LogP contribution in [0.4, 0.5) is 0 Å². The molecule has 0 aliphatic carbocycles. The highest BCUT2D eigenvalue weighted by Crippen LogP contribution is 2.25. The highest BCUT2D eigenvalue weighted by Gasteiger charge is 2.30. The molecule has 4 rings (SSSR count). The number of aromatic nitrogens is 2. The number of carbonyl (C=O) groups is 2. The molecule has 0 saturated carbocycles. The number of hydrogen-bond acceptors (Lipinski definition) is 6. The summed E-state index contributed by atoms with van der Waals surface area (Å²) in [5.74, 6) is -0.617. The minimum absolute atomic E-state index is 0.0138. The van der Waals surface area contributed by atoms with Crippen LogP contribution in [0, 0.1) is 0 Å². The van der Waals surface area contributed by atoms with Crippen LogP contribution in [-0.4, -0.2) is 39.8 Å². The number of benzene rings is 1. The Morgan fingerprint density at radius 1 is 1.03 bits per heavy atom. The van der Waals surface area contributed by atoms with Gasteiger partial charge in [-0.15, -0.1) is 11.3 Å². The number of esters is 1. The van der Waals surface area contributed by atoms with Gasteiger partial charge in [-0.25, -0.2) is 4.98 Å². The molecule has 0 radical (unpaired) electrons. The fraction of sp³-hybridized carbons (Fsp3) is 0.304. The second kappa shape index (κ2) is 9.63. The van der Waals surface area contributed by atoms with Crippen molar-refractivity contribution in [2.24, 2.45) is 0 Å². The Bertz CT molecular complexity index is 985. The normalized spacial score (nSPS) is 14.9. The molecule has 1 unspecified atom stereocenters. The molecule has 1 fully saturated rings. The molecule has 3 aromatic rings. The fourth-order valence-corrected chi connectivity index (χ4v) is 4.28. The van der Waals surface area contributed by atoms with E-state index in [0.29, 0.717) is 24.3 Å². The number of carbonyl (C=O) groups excluding carboxylic acids is 2. The van der Waals surface area contributed by atoms with Crippen molar-refractivity contribution >= 4 is 23.2 Å². The molecule has 1 aliphatic rings. The lowest BCUT2D eigenvalue weighted by atomic mass is 10.1. The third kappa shape index (κ3) is 4.91. The zero-order valence-electron chi connectivity index (χ0n) is 16.6. The van der Waals surface area contributed by atoms with Gasteiger partial charge in [-0.3, -0.25) is 14.6 Å². The van der Waals surface area contributed by atoms with Gasteiger partial charge >= 0.3 is 5.97 Å². The highest BCUT2D eigenvalue weighted by atomic mass is 32.1. The van der Waals surface area contributed by atoms with Crippen molar-refractivity contribution in [1.82, 2.24) is 14.9 Å². The lowest BCUT2D eigenvalue weighted by molar-refractivity contribution is -0.161. The van der Waals surface area contributed by atoms with E-state index in [1.54, 1.807) is 11.1 Å². The van der Waals surface area contributed by atoms with Crippen molar-refractivity contribution in [1.29, 1.82) is 0 Å². The molecule has 1 aromatic carbocycles. The Kier molecular flexibility index (Phi) is 6.49. The van der Waals surface area contributed by atoms with E-state index in [1.807, 2.05) is 53.9 Å². The van der Waals surface area contributed by atoms with Crippen molar-refractivity contribution in [3.63, 3.8) is 0 Å². The maximum Gasteiger partial charge on any atom is 0.313 e. The number of nitrogens with zero attached hydrogens (tertiary/aromatic N) is 3. The predicted molar refractivity (Wildman–Crippen MR) is 115 cm³/mol. The zero-order valence-corrected chi connectivity index (χ0v) is 17.4. The number of thiazole rings is 1. The van der Waals surface area contributed by atoms with Crippen LogP contribution in [0.5, 0.6) is 0 Å². The summed E-state index contributed by atoms with van der Waals surface area (Å²) < 4.78 is 5.69. The topological polar surface area (TPSA) is 72.4 Å². The summed E-state index contributed by atoms with van der Waals surface area (Å²) in [6.45, 7) is 1.42. The zero-order chi connectivity index (χ0) is 20.8. The van der Waals surface area contributed by atoms with Crippen LogP contribution in [0.15, 0.2) is 60.1 Å². The Hall–Kier alpha value is -3.06. The number of rotatable bonds is 6. The summed E-state index contributed by atoms with van der Waals surface area (Å²) in [5.41, 5.74) is 2.07. The molecule has 30 heavy (non-hydrogen) atoms. The average molecular weight is 422 g/mol. The third-order valence-electron chi connectivity index (χ3n) is 5.00. The molecule has 1 aliphatic heterocycles. The molecule has 7 heteroatoms. The molecule has 0 N–H and O–H groups in total. The number of hydrogen-bond donors (Lipinski definition) is 0. The van der Waals surface area contributed by atoms with Crippen LogP contribution in [0.2, 0.25) is 0 Å². The van der Waals surface area contributed by atoms with E-state index in [4.69, 9.17) is 4.74 Å². The lowest BCUT2D eigenvalue weighted by Crippen LogP contribution is -2.40. The quantitative estimate of drug-likeness (QED) is 0.562. The van der Waals surface area contributed by atoms with E-state index in [0.717, 1.165) is 30.0 Å². The largest absolute Gasteiger partial charge is 0.447 e. The van der Waals surface area contributed by atoms with Crippen LogP contribution in [0.1, 0.15) is 36.6 Å². The van der Waals surface area contributed by atoms with Gasteiger partial charge in [-0.05, 0) is 31.4 Å². The molecule has 1 saturated heterocycles. The van der Waals surface area contributed by atoms with Crippen molar-refractivity contribution in [2.45, 2.75) is 31.8 Å².